The number of rotatable bonds is 7. The van der Waals surface area contributed by atoms with Gasteiger partial charge in [-0.2, -0.15) is 0 Å². The van der Waals surface area contributed by atoms with Crippen LogP contribution >= 0.6 is 11.6 Å². The Kier molecular flexibility index (Phi) is 6.26. The van der Waals surface area contributed by atoms with Crippen molar-refractivity contribution >= 4 is 34.2 Å². The lowest BCUT2D eigenvalue weighted by atomic mass is 10.1. The number of aromatic amines is 1. The van der Waals surface area contributed by atoms with Crippen LogP contribution in [0.3, 0.4) is 0 Å². The molecule has 1 amide bonds. The molecule has 0 radical (unpaired) electrons. The number of halogens is 1. The third-order valence-corrected chi connectivity index (χ3v) is 4.75. The highest BCUT2D eigenvalue weighted by Crippen LogP contribution is 2.14. The molecule has 0 atom stereocenters. The van der Waals surface area contributed by atoms with Gasteiger partial charge in [0.25, 0.3) is 5.56 Å². The van der Waals surface area contributed by atoms with Crippen LogP contribution in [0.25, 0.3) is 10.9 Å². The first-order chi connectivity index (χ1) is 13.4. The minimum absolute atomic E-state index is 0.0959. The molecule has 5 nitrogen and oxygen atoms in total. The average molecular weight is 397 g/mol. The number of carbonyl (C=O) groups excluding carboxylic acids is 2. The first-order valence-corrected chi connectivity index (χ1v) is 9.48. The second-order valence-corrected chi connectivity index (χ2v) is 7.18. The molecule has 0 aliphatic heterocycles. The minimum atomic E-state index is -0.219. The summed E-state index contributed by atoms with van der Waals surface area (Å²) >= 11 is 5.88. The number of Topliss-reactive ketones (excluding diaryl/α,β-unsaturated/α-hetero) is 1. The van der Waals surface area contributed by atoms with Crippen molar-refractivity contribution in [2.45, 2.75) is 26.2 Å². The number of aromatic nitrogens is 1. The van der Waals surface area contributed by atoms with Crippen molar-refractivity contribution in [3.05, 3.63) is 80.6 Å². The third-order valence-electron chi connectivity index (χ3n) is 4.52. The van der Waals surface area contributed by atoms with E-state index >= 15 is 0 Å². The van der Waals surface area contributed by atoms with Crippen LogP contribution in [0, 0.1) is 6.92 Å². The summed E-state index contributed by atoms with van der Waals surface area (Å²) in [5.74, 6) is -0.345. The third kappa shape index (κ3) is 5.08. The number of nitrogens with one attached hydrogen (secondary N) is 2. The normalized spacial score (nSPS) is 10.8. The van der Waals surface area contributed by atoms with Crippen LogP contribution in [0.1, 0.15) is 34.3 Å². The van der Waals surface area contributed by atoms with Crippen molar-refractivity contribution in [3.8, 4) is 0 Å². The van der Waals surface area contributed by atoms with Gasteiger partial charge in [-0.3, -0.25) is 14.4 Å². The standard InChI is InChI=1S/C22H21ClN2O3/c1-14-5-6-19-17(11-14)12-16(22(28)25-19)9-10-24-21(27)8-7-20(26)15-3-2-4-18(23)13-15/h2-6,11-13H,7-10H2,1H3,(H,24,27)(H,25,28). The van der Waals surface area contributed by atoms with Gasteiger partial charge < -0.3 is 10.3 Å². The van der Waals surface area contributed by atoms with Crippen molar-refractivity contribution in [2.75, 3.05) is 6.54 Å². The summed E-state index contributed by atoms with van der Waals surface area (Å²) in [5.41, 5.74) is 2.87. The molecule has 3 aromatic rings. The summed E-state index contributed by atoms with van der Waals surface area (Å²) in [4.78, 5) is 39.1. The molecule has 0 aliphatic carbocycles. The van der Waals surface area contributed by atoms with Crippen LogP contribution < -0.4 is 10.9 Å². The molecule has 2 aromatic carbocycles. The summed E-state index contributed by atoms with van der Waals surface area (Å²) in [6.45, 7) is 2.33. The molecular formula is C22H21ClN2O3. The number of benzene rings is 2. The first-order valence-electron chi connectivity index (χ1n) is 9.10. The zero-order valence-corrected chi connectivity index (χ0v) is 16.3. The van der Waals surface area contributed by atoms with Crippen molar-refractivity contribution in [3.63, 3.8) is 0 Å². The molecule has 0 saturated carbocycles. The monoisotopic (exact) mass is 396 g/mol. The van der Waals surface area contributed by atoms with E-state index in [0.717, 1.165) is 16.5 Å². The Morgan fingerprint density at radius 2 is 1.89 bits per heavy atom. The number of aryl methyl sites for hydroxylation is 1. The van der Waals surface area contributed by atoms with E-state index in [1.54, 1.807) is 24.3 Å². The molecule has 0 unspecified atom stereocenters. The summed E-state index contributed by atoms with van der Waals surface area (Å²) in [6.07, 6.45) is 0.633. The van der Waals surface area contributed by atoms with E-state index in [1.165, 1.54) is 0 Å². The molecule has 0 saturated heterocycles. The lowest BCUT2D eigenvalue weighted by Crippen LogP contribution is -2.27. The SMILES string of the molecule is Cc1ccc2[nH]c(=O)c(CCNC(=O)CCC(=O)c3cccc(Cl)c3)cc2c1. The lowest BCUT2D eigenvalue weighted by Gasteiger charge is -2.07. The molecule has 1 aromatic heterocycles. The van der Waals surface area contributed by atoms with Gasteiger partial charge >= 0.3 is 0 Å². The van der Waals surface area contributed by atoms with Crippen molar-refractivity contribution in [2.24, 2.45) is 0 Å². The van der Waals surface area contributed by atoms with E-state index in [9.17, 15) is 14.4 Å². The molecule has 144 valence electrons. The molecule has 28 heavy (non-hydrogen) atoms. The van der Waals surface area contributed by atoms with E-state index in [1.807, 2.05) is 31.2 Å². The fourth-order valence-corrected chi connectivity index (χ4v) is 3.21. The summed E-state index contributed by atoms with van der Waals surface area (Å²) in [5, 5.41) is 4.22. The maximum atomic E-state index is 12.2. The Bertz CT molecular complexity index is 1090. The van der Waals surface area contributed by atoms with Gasteiger partial charge in [0.1, 0.15) is 0 Å². The number of hydrogen-bond donors (Lipinski definition) is 2. The first kappa shape index (κ1) is 19.8. The zero-order chi connectivity index (χ0) is 20.1. The van der Waals surface area contributed by atoms with Gasteiger partial charge in [-0.15, -0.1) is 0 Å². The molecule has 0 aliphatic rings. The van der Waals surface area contributed by atoms with Crippen molar-refractivity contribution in [1.29, 1.82) is 0 Å². The quantitative estimate of drug-likeness (QED) is 0.596. The van der Waals surface area contributed by atoms with Gasteiger partial charge in [-0.05, 0) is 49.1 Å². The highest BCUT2D eigenvalue weighted by Gasteiger charge is 2.10. The molecular weight excluding hydrogens is 376 g/mol. The number of pyridine rings is 1. The topological polar surface area (TPSA) is 79.0 Å². The smallest absolute Gasteiger partial charge is 0.251 e. The predicted molar refractivity (Wildman–Crippen MR) is 111 cm³/mol. The van der Waals surface area contributed by atoms with Crippen LogP contribution in [0.2, 0.25) is 5.02 Å². The fourth-order valence-electron chi connectivity index (χ4n) is 3.02. The van der Waals surface area contributed by atoms with Crippen LogP contribution in [-0.4, -0.2) is 23.2 Å². The summed E-state index contributed by atoms with van der Waals surface area (Å²) in [7, 11) is 0. The van der Waals surface area contributed by atoms with E-state index < -0.39 is 0 Å². The van der Waals surface area contributed by atoms with Gasteiger partial charge in [0, 0.05) is 41.1 Å². The van der Waals surface area contributed by atoms with Gasteiger partial charge in [0.15, 0.2) is 5.78 Å². The molecule has 0 spiro atoms. The zero-order valence-electron chi connectivity index (χ0n) is 15.5. The van der Waals surface area contributed by atoms with Gasteiger partial charge in [0.05, 0.1) is 0 Å². The maximum Gasteiger partial charge on any atom is 0.251 e. The lowest BCUT2D eigenvalue weighted by molar-refractivity contribution is -0.121. The number of ketones is 1. The highest BCUT2D eigenvalue weighted by atomic mass is 35.5. The largest absolute Gasteiger partial charge is 0.356 e. The van der Waals surface area contributed by atoms with Crippen LogP contribution in [-0.2, 0) is 11.2 Å². The summed E-state index contributed by atoms with van der Waals surface area (Å²) < 4.78 is 0. The number of H-pyrrole nitrogens is 1. The number of carbonyl (C=O) groups is 2. The minimum Gasteiger partial charge on any atom is -0.356 e. The predicted octanol–water partition coefficient (Wildman–Crippen LogP) is 3.81. The van der Waals surface area contributed by atoms with Gasteiger partial charge in [0.2, 0.25) is 5.91 Å². The molecule has 6 heteroatoms. The maximum absolute atomic E-state index is 12.2. The molecule has 0 fully saturated rings. The van der Waals surface area contributed by atoms with Crippen LogP contribution in [0.15, 0.2) is 53.3 Å². The van der Waals surface area contributed by atoms with E-state index in [0.29, 0.717) is 29.1 Å². The van der Waals surface area contributed by atoms with Gasteiger partial charge in [-0.1, -0.05) is 35.4 Å². The number of hydrogen-bond acceptors (Lipinski definition) is 3. The highest BCUT2D eigenvalue weighted by molar-refractivity contribution is 6.31. The summed E-state index contributed by atoms with van der Waals surface area (Å²) in [6, 6.07) is 14.4. The Balaban J connectivity index is 1.51. The molecule has 1 heterocycles. The van der Waals surface area contributed by atoms with Crippen molar-refractivity contribution < 1.29 is 9.59 Å². The fraction of sp³-hybridized carbons (Fsp3) is 0.227. The second kappa shape index (κ2) is 8.85. The Hall–Kier alpha value is -2.92. The van der Waals surface area contributed by atoms with Crippen LogP contribution in [0.5, 0.6) is 0 Å². The van der Waals surface area contributed by atoms with Gasteiger partial charge in [-0.25, -0.2) is 0 Å². The average Bonchev–Trinajstić information content (AvgIpc) is 2.67. The number of amides is 1. The Labute approximate surface area is 167 Å². The molecule has 3 rings (SSSR count). The number of fused-ring (bicyclic) bond motifs is 1. The van der Waals surface area contributed by atoms with Crippen LogP contribution in [0.4, 0.5) is 0 Å². The van der Waals surface area contributed by atoms with E-state index in [2.05, 4.69) is 10.3 Å². The molecule has 2 N–H and O–H groups in total. The van der Waals surface area contributed by atoms with E-state index in [4.69, 9.17) is 11.6 Å². The van der Waals surface area contributed by atoms with E-state index in [-0.39, 0.29) is 30.1 Å². The Morgan fingerprint density at radius 3 is 2.68 bits per heavy atom. The van der Waals surface area contributed by atoms with Crippen molar-refractivity contribution in [1.82, 2.24) is 10.3 Å². The molecule has 0 bridgehead atoms. The second-order valence-electron chi connectivity index (χ2n) is 6.75. The Morgan fingerprint density at radius 1 is 1.07 bits per heavy atom.